The van der Waals surface area contributed by atoms with E-state index in [1.54, 1.807) is 0 Å². The molecule has 0 N–H and O–H groups in total. The van der Waals surface area contributed by atoms with Gasteiger partial charge in [-0.15, -0.1) is 0 Å². The number of hydrogen-bond donors (Lipinski definition) is 0. The summed E-state index contributed by atoms with van der Waals surface area (Å²) in [6.07, 6.45) is 31.0. The Kier molecular flexibility index (Phi) is 27.8. The van der Waals surface area contributed by atoms with Gasteiger partial charge in [-0.3, -0.25) is 0 Å². The molecule has 0 bridgehead atoms. The topological polar surface area (TPSA) is 110 Å². The maximum atomic E-state index is 12.9. The molecule has 45 heavy (non-hydrogen) atoms. The first kappa shape index (κ1) is 43.5. The van der Waals surface area contributed by atoms with Gasteiger partial charge in [0, 0.05) is 0 Å². The third-order valence-electron chi connectivity index (χ3n) is 7.54. The Bertz CT molecular complexity index is 1080. The molecule has 0 fully saturated rings. The molecule has 1 aromatic carbocycles. The second-order valence-corrected chi connectivity index (χ2v) is 12.8. The maximum Gasteiger partial charge on any atom is 1.00 e. The van der Waals surface area contributed by atoms with Crippen molar-refractivity contribution in [1.82, 2.24) is 0 Å². The minimum atomic E-state index is -5.02. The van der Waals surface area contributed by atoms with E-state index < -0.39 is 32.5 Å². The smallest absolute Gasteiger partial charge is 0.744 e. The first-order chi connectivity index (χ1) is 21.3. The fraction of sp³-hybridized carbons (Fsp3) is 0.667. The molecule has 0 aliphatic carbocycles. The Labute approximate surface area is 296 Å². The number of hydrogen-bond acceptors (Lipinski definition) is 7. The zero-order valence-corrected chi connectivity index (χ0v) is 31.2. The van der Waals surface area contributed by atoms with Gasteiger partial charge in [0.05, 0.1) is 29.2 Å². The summed E-state index contributed by atoms with van der Waals surface area (Å²) in [6, 6.07) is 3.53. The predicted molar refractivity (Wildman–Crippen MR) is 177 cm³/mol. The molecule has 1 aromatic rings. The van der Waals surface area contributed by atoms with Crippen LogP contribution in [0.3, 0.4) is 0 Å². The second kappa shape index (κ2) is 28.7. The molecule has 0 saturated heterocycles. The quantitative estimate of drug-likeness (QED) is 0.0335. The van der Waals surface area contributed by atoms with Crippen LogP contribution in [0, 0.1) is 0 Å². The number of benzene rings is 1. The second-order valence-electron chi connectivity index (χ2n) is 11.5. The predicted octanol–water partition coefficient (Wildman–Crippen LogP) is 6.86. The molecule has 0 amide bonds. The van der Waals surface area contributed by atoms with Crippen LogP contribution in [0.2, 0.25) is 0 Å². The summed E-state index contributed by atoms with van der Waals surface area (Å²) in [6.45, 7) is 4.51. The summed E-state index contributed by atoms with van der Waals surface area (Å²) in [5, 5.41) is 0. The Morgan fingerprint density at radius 2 is 1.02 bits per heavy atom. The van der Waals surface area contributed by atoms with Crippen molar-refractivity contribution in [2.24, 2.45) is 0 Å². The normalized spacial score (nSPS) is 11.6. The maximum absolute atomic E-state index is 12.9. The summed E-state index contributed by atoms with van der Waals surface area (Å²) in [4.78, 5) is 24.9. The molecule has 0 aliphatic heterocycles. The van der Waals surface area contributed by atoms with Crippen molar-refractivity contribution in [2.45, 2.75) is 147 Å². The van der Waals surface area contributed by atoms with E-state index in [1.807, 2.05) is 18.2 Å². The molecule has 0 aromatic heterocycles. The van der Waals surface area contributed by atoms with E-state index in [1.165, 1.54) is 102 Å². The third kappa shape index (κ3) is 21.9. The third-order valence-corrected chi connectivity index (χ3v) is 8.42. The molecular weight excluding hydrogens is 599 g/mol. The van der Waals surface area contributed by atoms with Gasteiger partial charge in [0.1, 0.15) is 10.1 Å². The summed E-state index contributed by atoms with van der Waals surface area (Å²) < 4.78 is 46.2. The van der Waals surface area contributed by atoms with Gasteiger partial charge >= 0.3 is 41.5 Å². The van der Waals surface area contributed by atoms with E-state index in [9.17, 15) is 22.6 Å². The van der Waals surface area contributed by atoms with E-state index in [-0.39, 0.29) is 48.3 Å². The standard InChI is InChI=1S/C36H58O7S.Na/c1-3-5-7-9-11-13-15-17-19-21-23-25-30-42-35(37)32-28-27-29-33(44(39,40)41)34(32)36(38)43-31-26-24-22-20-18-16-14-12-10-8-6-4-2;/h21-24,27-29H,3-20,25-26,30-31H2,1-2H3,(H,39,40,41);/q;+1/p-1/b23-21+,24-22+;. The van der Waals surface area contributed by atoms with E-state index >= 15 is 0 Å². The fourth-order valence-electron chi connectivity index (χ4n) is 4.97. The van der Waals surface area contributed by atoms with E-state index in [4.69, 9.17) is 9.47 Å². The van der Waals surface area contributed by atoms with E-state index in [2.05, 4.69) is 19.9 Å². The summed E-state index contributed by atoms with van der Waals surface area (Å²) in [7, 11) is -5.02. The molecule has 9 heteroatoms. The van der Waals surface area contributed by atoms with Crippen LogP contribution in [0.4, 0.5) is 0 Å². The first-order valence-corrected chi connectivity index (χ1v) is 18.5. The van der Waals surface area contributed by atoms with Crippen molar-refractivity contribution in [3.63, 3.8) is 0 Å². The summed E-state index contributed by atoms with van der Waals surface area (Å²) >= 11 is 0. The van der Waals surface area contributed by atoms with Crippen LogP contribution in [0.15, 0.2) is 47.4 Å². The zero-order chi connectivity index (χ0) is 32.3. The molecule has 0 saturated carbocycles. The molecule has 0 spiro atoms. The van der Waals surface area contributed by atoms with Gasteiger partial charge in [0.25, 0.3) is 0 Å². The molecule has 0 aliphatic rings. The van der Waals surface area contributed by atoms with Crippen LogP contribution in [0.25, 0.3) is 0 Å². The fourth-order valence-corrected chi connectivity index (χ4v) is 5.66. The minimum Gasteiger partial charge on any atom is -0.744 e. The molecule has 0 unspecified atom stereocenters. The van der Waals surface area contributed by atoms with Crippen molar-refractivity contribution in [3.05, 3.63) is 53.6 Å². The SMILES string of the molecule is CCCCCCCCCC/C=C/CCOC(=O)c1cccc(S(=O)(=O)[O-])c1C(=O)OCC/C=C/CCCCCCCCCC.[Na+]. The van der Waals surface area contributed by atoms with Gasteiger partial charge in [-0.2, -0.15) is 0 Å². The van der Waals surface area contributed by atoms with Gasteiger partial charge in [0.2, 0.25) is 0 Å². The molecule has 7 nitrogen and oxygen atoms in total. The Balaban J connectivity index is 0.0000194. The molecule has 1 rings (SSSR count). The Morgan fingerprint density at radius 3 is 1.47 bits per heavy atom. The van der Waals surface area contributed by atoms with Crippen molar-refractivity contribution < 1.29 is 61.6 Å². The minimum absolute atomic E-state index is 0. The zero-order valence-electron chi connectivity index (χ0n) is 28.4. The van der Waals surface area contributed by atoms with Gasteiger partial charge < -0.3 is 14.0 Å². The largest absolute Gasteiger partial charge is 1.00 e. The average molecular weight is 657 g/mol. The first-order valence-electron chi connectivity index (χ1n) is 17.1. The Morgan fingerprint density at radius 1 is 0.622 bits per heavy atom. The van der Waals surface area contributed by atoms with Crippen LogP contribution >= 0.6 is 0 Å². The van der Waals surface area contributed by atoms with E-state index in [0.717, 1.165) is 31.7 Å². The van der Waals surface area contributed by atoms with Gasteiger partial charge in [-0.25, -0.2) is 18.0 Å². The number of carbonyl (C=O) groups is 2. The monoisotopic (exact) mass is 656 g/mol. The molecule has 0 atom stereocenters. The average Bonchev–Trinajstić information content (AvgIpc) is 3.00. The van der Waals surface area contributed by atoms with Gasteiger partial charge in [-0.1, -0.05) is 134 Å². The number of ether oxygens (including phenoxy) is 2. The number of allylic oxidation sites excluding steroid dienone is 2. The van der Waals surface area contributed by atoms with Crippen molar-refractivity contribution in [3.8, 4) is 0 Å². The number of carbonyl (C=O) groups excluding carboxylic acids is 2. The summed E-state index contributed by atoms with van der Waals surface area (Å²) in [5.41, 5.74) is -0.860. The van der Waals surface area contributed by atoms with Crippen LogP contribution < -0.4 is 29.6 Å². The summed E-state index contributed by atoms with van der Waals surface area (Å²) in [5.74, 6) is -1.90. The number of esters is 2. The van der Waals surface area contributed by atoms with Crippen molar-refractivity contribution >= 4 is 22.1 Å². The van der Waals surface area contributed by atoms with Gasteiger partial charge in [0.15, 0.2) is 0 Å². The molecule has 250 valence electrons. The van der Waals surface area contributed by atoms with E-state index in [0.29, 0.717) is 12.8 Å². The van der Waals surface area contributed by atoms with Crippen LogP contribution in [-0.4, -0.2) is 38.1 Å². The van der Waals surface area contributed by atoms with Crippen molar-refractivity contribution in [2.75, 3.05) is 13.2 Å². The number of unbranched alkanes of at least 4 members (excludes halogenated alkanes) is 16. The van der Waals surface area contributed by atoms with Crippen LogP contribution in [0.1, 0.15) is 163 Å². The van der Waals surface area contributed by atoms with Gasteiger partial charge in [-0.05, 0) is 50.7 Å². The molecule has 0 radical (unpaired) electrons. The number of rotatable bonds is 27. The van der Waals surface area contributed by atoms with Crippen LogP contribution in [0.5, 0.6) is 0 Å². The van der Waals surface area contributed by atoms with Crippen molar-refractivity contribution in [1.29, 1.82) is 0 Å². The molecule has 0 heterocycles. The Hall–Kier alpha value is -1.45. The van der Waals surface area contributed by atoms with Crippen LogP contribution in [-0.2, 0) is 19.6 Å². The molecular formula is C36H57NaO7S.